The summed E-state index contributed by atoms with van der Waals surface area (Å²) < 4.78 is 5.25. The maximum atomic E-state index is 5.25. The Morgan fingerprint density at radius 3 is 2.73 bits per heavy atom. The number of hydrogen-bond donors (Lipinski definition) is 0. The van der Waals surface area contributed by atoms with Crippen LogP contribution in [-0.2, 0) is 0 Å². The van der Waals surface area contributed by atoms with Crippen LogP contribution >= 0.6 is 0 Å². The Morgan fingerprint density at radius 1 is 1.00 bits per heavy atom. The van der Waals surface area contributed by atoms with E-state index < -0.39 is 0 Å². The summed E-state index contributed by atoms with van der Waals surface area (Å²) in [5, 5.41) is 0. The Bertz CT molecular complexity index is 587. The molecule has 0 aliphatic rings. The number of fused-ring (bicyclic) bond motifs is 1. The van der Waals surface area contributed by atoms with Crippen LogP contribution in [0.1, 0.15) is 0 Å². The number of para-hydroxylation sites is 1. The van der Waals surface area contributed by atoms with E-state index in [0.29, 0.717) is 0 Å². The van der Waals surface area contributed by atoms with Gasteiger partial charge in [-0.15, -0.1) is 0 Å². The smallest absolute Gasteiger partial charge is 0.182 e. The molecule has 72 valence electrons. The first-order chi connectivity index (χ1) is 7.45. The van der Waals surface area contributed by atoms with Gasteiger partial charge < -0.3 is 4.42 Å². The lowest BCUT2D eigenvalue weighted by molar-refractivity contribution is 0.602. The van der Waals surface area contributed by atoms with Crippen LogP contribution in [-0.4, -0.2) is 9.97 Å². The highest BCUT2D eigenvalue weighted by Gasteiger charge is 2.05. The van der Waals surface area contributed by atoms with E-state index in [1.165, 1.54) is 6.39 Å². The molecule has 3 rings (SSSR count). The third-order valence-corrected chi connectivity index (χ3v) is 2.35. The van der Waals surface area contributed by atoms with Crippen molar-refractivity contribution in [2.75, 3.05) is 0 Å². The van der Waals surface area contributed by atoms with Gasteiger partial charge in [0.25, 0.3) is 0 Å². The normalized spacial score (nSPS) is 10.7. The molecule has 0 spiro atoms. The monoisotopic (exact) mass is 196 g/mol. The van der Waals surface area contributed by atoms with Crippen molar-refractivity contribution < 1.29 is 4.42 Å². The molecule has 2 aromatic heterocycles. The fraction of sp³-hybridized carbons (Fsp3) is 0. The fourth-order valence-corrected chi connectivity index (χ4v) is 1.65. The molecule has 0 atom stereocenters. The highest BCUT2D eigenvalue weighted by atomic mass is 16.3. The van der Waals surface area contributed by atoms with E-state index >= 15 is 0 Å². The first-order valence-corrected chi connectivity index (χ1v) is 4.68. The van der Waals surface area contributed by atoms with Crippen LogP contribution in [0, 0.1) is 0 Å². The van der Waals surface area contributed by atoms with Gasteiger partial charge in [-0.1, -0.05) is 12.1 Å². The molecule has 0 radical (unpaired) electrons. The quantitative estimate of drug-likeness (QED) is 0.600. The maximum Gasteiger partial charge on any atom is 0.182 e. The summed E-state index contributed by atoms with van der Waals surface area (Å²) in [7, 11) is 0. The predicted octanol–water partition coefficient (Wildman–Crippen LogP) is 2.89. The topological polar surface area (TPSA) is 38.9 Å². The number of hydrogen-bond acceptors (Lipinski definition) is 3. The number of aromatic nitrogens is 2. The van der Waals surface area contributed by atoms with Crippen molar-refractivity contribution in [2.45, 2.75) is 0 Å². The summed E-state index contributed by atoms with van der Waals surface area (Å²) in [6, 6.07) is 9.82. The van der Waals surface area contributed by atoms with Crippen LogP contribution in [0.25, 0.3) is 22.2 Å². The van der Waals surface area contributed by atoms with E-state index in [-0.39, 0.29) is 0 Å². The zero-order valence-electron chi connectivity index (χ0n) is 7.92. The maximum absolute atomic E-state index is 5.25. The summed E-state index contributed by atoms with van der Waals surface area (Å²) in [6.07, 6.45) is 5.01. The number of benzene rings is 1. The van der Waals surface area contributed by atoms with Crippen molar-refractivity contribution >= 4 is 11.1 Å². The molecule has 0 saturated heterocycles. The second-order valence-electron chi connectivity index (χ2n) is 3.24. The molecule has 0 aliphatic heterocycles. The number of oxazole rings is 1. The zero-order valence-corrected chi connectivity index (χ0v) is 7.92. The van der Waals surface area contributed by atoms with Gasteiger partial charge in [-0.05, 0) is 23.8 Å². The molecule has 0 fully saturated rings. The van der Waals surface area contributed by atoms with Crippen molar-refractivity contribution in [1.29, 1.82) is 0 Å². The summed E-state index contributed by atoms with van der Waals surface area (Å²) in [5.74, 6) is 0. The molecule has 3 aromatic rings. The van der Waals surface area contributed by atoms with Crippen molar-refractivity contribution in [3.63, 3.8) is 0 Å². The van der Waals surface area contributed by atoms with Crippen LogP contribution < -0.4 is 0 Å². The Balaban J connectivity index is 2.31. The molecule has 0 saturated carbocycles. The molecule has 2 heterocycles. The molecule has 0 bridgehead atoms. The lowest BCUT2D eigenvalue weighted by atomic mass is 10.1. The number of nitrogens with zero attached hydrogens (tertiary/aromatic N) is 2. The standard InChI is InChI=1S/C12H8N2O/c1-2-10(9-4-6-13-7-5-9)12-11(3-1)15-8-14-12/h1-8H. The van der Waals surface area contributed by atoms with Gasteiger partial charge in [-0.2, -0.15) is 0 Å². The van der Waals surface area contributed by atoms with Gasteiger partial charge in [0, 0.05) is 18.0 Å². The summed E-state index contributed by atoms with van der Waals surface area (Å²) in [4.78, 5) is 8.20. The molecule has 0 amide bonds. The predicted molar refractivity (Wildman–Crippen MR) is 57.2 cm³/mol. The van der Waals surface area contributed by atoms with E-state index in [1.54, 1.807) is 12.4 Å². The summed E-state index contributed by atoms with van der Waals surface area (Å²) in [5.41, 5.74) is 3.88. The van der Waals surface area contributed by atoms with E-state index in [1.807, 2.05) is 30.3 Å². The second kappa shape index (κ2) is 3.20. The van der Waals surface area contributed by atoms with Crippen LogP contribution in [0.3, 0.4) is 0 Å². The molecule has 3 heteroatoms. The van der Waals surface area contributed by atoms with Gasteiger partial charge >= 0.3 is 0 Å². The van der Waals surface area contributed by atoms with E-state index in [9.17, 15) is 0 Å². The zero-order chi connectivity index (χ0) is 10.1. The SMILES string of the molecule is c1cc(-c2ccncc2)c2ncoc2c1. The molecule has 0 N–H and O–H groups in total. The van der Waals surface area contributed by atoms with E-state index in [2.05, 4.69) is 9.97 Å². The second-order valence-corrected chi connectivity index (χ2v) is 3.24. The third kappa shape index (κ3) is 1.29. The molecule has 3 nitrogen and oxygen atoms in total. The van der Waals surface area contributed by atoms with Gasteiger partial charge in [0.05, 0.1) is 0 Å². The van der Waals surface area contributed by atoms with Gasteiger partial charge in [-0.25, -0.2) is 4.98 Å². The van der Waals surface area contributed by atoms with Gasteiger partial charge in [0.2, 0.25) is 0 Å². The van der Waals surface area contributed by atoms with Crippen molar-refractivity contribution in [3.8, 4) is 11.1 Å². The Labute approximate surface area is 86.4 Å². The highest BCUT2D eigenvalue weighted by molar-refractivity contribution is 5.90. The first-order valence-electron chi connectivity index (χ1n) is 4.68. The minimum absolute atomic E-state index is 0.810. The van der Waals surface area contributed by atoms with Crippen molar-refractivity contribution in [3.05, 3.63) is 49.1 Å². The van der Waals surface area contributed by atoms with E-state index in [0.717, 1.165) is 22.2 Å². The molecule has 0 unspecified atom stereocenters. The van der Waals surface area contributed by atoms with E-state index in [4.69, 9.17) is 4.42 Å². The third-order valence-electron chi connectivity index (χ3n) is 2.35. The molecular formula is C12H8N2O. The lowest BCUT2D eigenvalue weighted by Gasteiger charge is -2.00. The lowest BCUT2D eigenvalue weighted by Crippen LogP contribution is -1.80. The Morgan fingerprint density at radius 2 is 1.87 bits per heavy atom. The fourth-order valence-electron chi connectivity index (χ4n) is 1.65. The molecular weight excluding hydrogens is 188 g/mol. The summed E-state index contributed by atoms with van der Waals surface area (Å²) in [6.45, 7) is 0. The number of pyridine rings is 1. The molecule has 0 aliphatic carbocycles. The first kappa shape index (κ1) is 8.17. The average Bonchev–Trinajstić information content (AvgIpc) is 2.78. The van der Waals surface area contributed by atoms with Gasteiger partial charge in [0.1, 0.15) is 5.52 Å². The molecule has 15 heavy (non-hydrogen) atoms. The van der Waals surface area contributed by atoms with Crippen LogP contribution in [0.4, 0.5) is 0 Å². The Hall–Kier alpha value is -2.16. The average molecular weight is 196 g/mol. The summed E-state index contributed by atoms with van der Waals surface area (Å²) >= 11 is 0. The Kier molecular flexibility index (Phi) is 1.75. The van der Waals surface area contributed by atoms with Gasteiger partial charge in [0.15, 0.2) is 12.0 Å². The highest BCUT2D eigenvalue weighted by Crippen LogP contribution is 2.26. The van der Waals surface area contributed by atoms with Gasteiger partial charge in [-0.3, -0.25) is 4.98 Å². The van der Waals surface area contributed by atoms with Crippen molar-refractivity contribution in [1.82, 2.24) is 9.97 Å². The van der Waals surface area contributed by atoms with Crippen molar-refractivity contribution in [2.24, 2.45) is 0 Å². The largest absolute Gasteiger partial charge is 0.443 e. The number of rotatable bonds is 1. The molecule has 1 aromatic carbocycles. The minimum atomic E-state index is 0.810. The van der Waals surface area contributed by atoms with Crippen LogP contribution in [0.2, 0.25) is 0 Å². The minimum Gasteiger partial charge on any atom is -0.443 e. The van der Waals surface area contributed by atoms with Crippen LogP contribution in [0.5, 0.6) is 0 Å². The van der Waals surface area contributed by atoms with Crippen LogP contribution in [0.15, 0.2) is 53.5 Å².